The zero-order chi connectivity index (χ0) is 20.0. The molecule has 0 bridgehead atoms. The van der Waals surface area contributed by atoms with E-state index in [0.717, 1.165) is 25.9 Å². The zero-order valence-corrected chi connectivity index (χ0v) is 16.7. The van der Waals surface area contributed by atoms with Gasteiger partial charge in [-0.2, -0.15) is 5.26 Å². The van der Waals surface area contributed by atoms with Crippen LogP contribution in [0.5, 0.6) is 0 Å². The number of likely N-dealkylation sites (tertiary alicyclic amines) is 1. The fourth-order valence-corrected chi connectivity index (χ4v) is 3.12. The van der Waals surface area contributed by atoms with Crippen LogP contribution in [0, 0.1) is 17.2 Å². The van der Waals surface area contributed by atoms with Gasteiger partial charge in [-0.3, -0.25) is 14.5 Å². The fourth-order valence-electron chi connectivity index (χ4n) is 3.12. The first-order valence-corrected chi connectivity index (χ1v) is 9.60. The van der Waals surface area contributed by atoms with Crippen molar-refractivity contribution < 1.29 is 9.59 Å². The number of hydrogen-bond acceptors (Lipinski definition) is 4. The van der Waals surface area contributed by atoms with Crippen molar-refractivity contribution in [3.63, 3.8) is 0 Å². The van der Waals surface area contributed by atoms with Gasteiger partial charge in [0, 0.05) is 24.7 Å². The number of amides is 2. The third-order valence-electron chi connectivity index (χ3n) is 5.60. The smallest absolute Gasteiger partial charge is 0.251 e. The molecule has 0 radical (unpaired) electrons. The van der Waals surface area contributed by atoms with E-state index < -0.39 is 5.54 Å². The van der Waals surface area contributed by atoms with Gasteiger partial charge in [-0.05, 0) is 44.7 Å². The largest absolute Gasteiger partial charge is 0.349 e. The van der Waals surface area contributed by atoms with Crippen molar-refractivity contribution >= 4 is 11.8 Å². The molecule has 0 saturated carbocycles. The van der Waals surface area contributed by atoms with Crippen LogP contribution in [0.4, 0.5) is 0 Å². The van der Waals surface area contributed by atoms with E-state index in [1.54, 1.807) is 19.1 Å². The minimum Gasteiger partial charge on any atom is -0.349 e. The van der Waals surface area contributed by atoms with E-state index in [2.05, 4.69) is 21.6 Å². The molecule has 146 valence electrons. The molecule has 1 aliphatic rings. The van der Waals surface area contributed by atoms with E-state index in [1.165, 1.54) is 0 Å². The summed E-state index contributed by atoms with van der Waals surface area (Å²) in [5, 5.41) is 15.4. The van der Waals surface area contributed by atoms with Crippen LogP contribution in [0.2, 0.25) is 0 Å². The fraction of sp³-hybridized carbons (Fsp3) is 0.571. The van der Waals surface area contributed by atoms with Crippen LogP contribution in [-0.2, 0) is 4.79 Å². The first-order valence-electron chi connectivity index (χ1n) is 9.60. The number of rotatable bonds is 6. The Balaban J connectivity index is 1.85. The summed E-state index contributed by atoms with van der Waals surface area (Å²) in [5.74, 6) is -0.154. The Kier molecular flexibility index (Phi) is 6.98. The molecule has 6 heteroatoms. The summed E-state index contributed by atoms with van der Waals surface area (Å²) in [4.78, 5) is 27.0. The summed E-state index contributed by atoms with van der Waals surface area (Å²) in [7, 11) is 0. The van der Waals surface area contributed by atoms with Crippen LogP contribution in [-0.4, -0.2) is 47.4 Å². The predicted molar refractivity (Wildman–Crippen MR) is 105 cm³/mol. The summed E-state index contributed by atoms with van der Waals surface area (Å²) in [6.07, 6.45) is 1.60. The van der Waals surface area contributed by atoms with Crippen molar-refractivity contribution in [3.05, 3.63) is 35.9 Å². The topological polar surface area (TPSA) is 85.2 Å². The first-order chi connectivity index (χ1) is 12.8. The molecule has 2 amide bonds. The van der Waals surface area contributed by atoms with Crippen LogP contribution in [0.15, 0.2) is 30.3 Å². The van der Waals surface area contributed by atoms with E-state index >= 15 is 0 Å². The van der Waals surface area contributed by atoms with Gasteiger partial charge >= 0.3 is 0 Å². The van der Waals surface area contributed by atoms with Gasteiger partial charge in [0.05, 0.1) is 12.1 Å². The second-order valence-corrected chi connectivity index (χ2v) is 7.78. The predicted octanol–water partition coefficient (Wildman–Crippen LogP) is 2.32. The third kappa shape index (κ3) is 5.30. The molecule has 0 spiro atoms. The second kappa shape index (κ2) is 9.01. The van der Waals surface area contributed by atoms with Crippen LogP contribution < -0.4 is 10.6 Å². The highest BCUT2D eigenvalue weighted by Gasteiger charge is 2.34. The lowest BCUT2D eigenvalue weighted by atomic mass is 9.89. The van der Waals surface area contributed by atoms with Gasteiger partial charge in [0.15, 0.2) is 0 Å². The molecule has 0 aliphatic carbocycles. The lowest BCUT2D eigenvalue weighted by Gasteiger charge is -2.37. The monoisotopic (exact) mass is 370 g/mol. The number of nitrogens with one attached hydrogen (secondary N) is 2. The number of hydrogen-bond donors (Lipinski definition) is 2. The lowest BCUT2D eigenvalue weighted by Crippen LogP contribution is -2.57. The molecule has 1 aliphatic heterocycles. The number of carbonyl (C=O) groups is 2. The molecule has 1 heterocycles. The Labute approximate surface area is 161 Å². The second-order valence-electron chi connectivity index (χ2n) is 7.78. The highest BCUT2D eigenvalue weighted by atomic mass is 16.2. The summed E-state index contributed by atoms with van der Waals surface area (Å²) in [6.45, 7) is 8.95. The Morgan fingerprint density at radius 1 is 1.19 bits per heavy atom. The summed E-state index contributed by atoms with van der Waals surface area (Å²) < 4.78 is 0. The van der Waals surface area contributed by atoms with Crippen molar-refractivity contribution in [2.75, 3.05) is 13.1 Å². The van der Waals surface area contributed by atoms with Crippen molar-refractivity contribution in [2.45, 2.75) is 58.2 Å². The van der Waals surface area contributed by atoms with Crippen LogP contribution in [0.3, 0.4) is 0 Å². The summed E-state index contributed by atoms with van der Waals surface area (Å²) in [5.41, 5.74) is -0.204. The van der Waals surface area contributed by atoms with Crippen molar-refractivity contribution in [3.8, 4) is 6.07 Å². The Bertz CT molecular complexity index is 690. The van der Waals surface area contributed by atoms with Crippen molar-refractivity contribution in [1.29, 1.82) is 5.26 Å². The molecule has 6 nitrogen and oxygen atoms in total. The molecule has 2 unspecified atom stereocenters. The third-order valence-corrected chi connectivity index (χ3v) is 5.60. The molecular weight excluding hydrogens is 340 g/mol. The number of benzene rings is 1. The lowest BCUT2D eigenvalue weighted by molar-refractivity contribution is -0.128. The van der Waals surface area contributed by atoms with Gasteiger partial charge < -0.3 is 10.6 Å². The van der Waals surface area contributed by atoms with Gasteiger partial charge in [0.1, 0.15) is 5.54 Å². The number of nitriles is 1. The highest BCUT2D eigenvalue weighted by Crippen LogP contribution is 2.18. The number of carbonyl (C=O) groups excluding carboxylic acids is 2. The number of piperidine rings is 1. The van der Waals surface area contributed by atoms with Gasteiger partial charge in [-0.15, -0.1) is 0 Å². The van der Waals surface area contributed by atoms with Gasteiger partial charge in [-0.25, -0.2) is 0 Å². The molecule has 1 aromatic carbocycles. The summed E-state index contributed by atoms with van der Waals surface area (Å²) >= 11 is 0. The van der Waals surface area contributed by atoms with E-state index in [1.807, 2.05) is 39.0 Å². The molecule has 1 saturated heterocycles. The Morgan fingerprint density at radius 3 is 2.30 bits per heavy atom. The standard InChI is InChI=1S/C21H30N4O2/c1-15(2)21(4,14-22)24-19(26)16(3)25-12-10-18(11-13-25)23-20(27)17-8-6-5-7-9-17/h5-9,15-16,18H,10-13H2,1-4H3,(H,23,27)(H,24,26). The normalized spacial score (nSPS) is 19.0. The maximum absolute atomic E-state index is 12.6. The van der Waals surface area contributed by atoms with Crippen molar-refractivity contribution in [1.82, 2.24) is 15.5 Å². The van der Waals surface area contributed by atoms with Crippen LogP contribution in [0.25, 0.3) is 0 Å². The zero-order valence-electron chi connectivity index (χ0n) is 16.7. The van der Waals surface area contributed by atoms with E-state index in [9.17, 15) is 14.9 Å². The molecule has 27 heavy (non-hydrogen) atoms. The average Bonchev–Trinajstić information content (AvgIpc) is 2.68. The SMILES string of the molecule is CC(C(=O)NC(C)(C#N)C(C)C)N1CCC(NC(=O)c2ccccc2)CC1. The molecule has 2 rings (SSSR count). The molecule has 0 aromatic heterocycles. The highest BCUT2D eigenvalue weighted by molar-refractivity contribution is 5.94. The van der Waals surface area contributed by atoms with Gasteiger partial charge in [-0.1, -0.05) is 32.0 Å². The molecule has 1 aromatic rings. The molecular formula is C21H30N4O2. The van der Waals surface area contributed by atoms with Gasteiger partial charge in [0.2, 0.25) is 5.91 Å². The molecule has 2 atom stereocenters. The maximum atomic E-state index is 12.6. The molecule has 1 fully saturated rings. The first kappa shape index (κ1) is 20.9. The Morgan fingerprint density at radius 2 is 1.78 bits per heavy atom. The minimum absolute atomic E-state index is 0.0255. The van der Waals surface area contributed by atoms with Crippen molar-refractivity contribution in [2.24, 2.45) is 5.92 Å². The quantitative estimate of drug-likeness (QED) is 0.805. The van der Waals surface area contributed by atoms with E-state index in [0.29, 0.717) is 5.56 Å². The van der Waals surface area contributed by atoms with Crippen LogP contribution in [0.1, 0.15) is 50.9 Å². The average molecular weight is 370 g/mol. The van der Waals surface area contributed by atoms with E-state index in [4.69, 9.17) is 0 Å². The number of nitrogens with zero attached hydrogens (tertiary/aromatic N) is 2. The molecule has 2 N–H and O–H groups in total. The maximum Gasteiger partial charge on any atom is 0.251 e. The van der Waals surface area contributed by atoms with Crippen LogP contribution >= 0.6 is 0 Å². The summed E-state index contributed by atoms with van der Waals surface area (Å²) in [6, 6.07) is 11.2. The Hall–Kier alpha value is -2.39. The van der Waals surface area contributed by atoms with E-state index in [-0.39, 0.29) is 29.8 Å². The minimum atomic E-state index is -0.868. The van der Waals surface area contributed by atoms with Gasteiger partial charge in [0.25, 0.3) is 5.91 Å².